The van der Waals surface area contributed by atoms with Gasteiger partial charge in [-0.15, -0.1) is 0 Å². The average molecular weight is 461 g/mol. The molecule has 1 aliphatic rings. The number of furan rings is 1. The molecule has 1 aliphatic heterocycles. The highest BCUT2D eigenvalue weighted by Crippen LogP contribution is 2.31. The van der Waals surface area contributed by atoms with Crippen molar-refractivity contribution in [3.05, 3.63) is 54.0 Å². The van der Waals surface area contributed by atoms with Crippen LogP contribution in [0.5, 0.6) is 0 Å². The van der Waals surface area contributed by atoms with E-state index in [-0.39, 0.29) is 11.8 Å². The van der Waals surface area contributed by atoms with Crippen molar-refractivity contribution >= 4 is 38.7 Å². The minimum Gasteiger partial charge on any atom is -0.451 e. The van der Waals surface area contributed by atoms with E-state index in [1.54, 1.807) is 18.5 Å². The molecule has 1 N–H and O–H groups in total. The molecule has 164 valence electrons. The Morgan fingerprint density at radius 2 is 1.90 bits per heavy atom. The van der Waals surface area contributed by atoms with Gasteiger partial charge in [-0.2, -0.15) is 0 Å². The second kappa shape index (κ2) is 9.37. The standard InChI is InChI=1S/C21H24N4O4S2/c1-31(27,28)25-11-7-15(8-12-25)13-24-20(26)19-17(14-30-21-22-9-4-10-23-21)16-5-2-3-6-18(16)29-19/h2-6,9-10,15H,7-8,11-14H2,1H3,(H,24,26). The van der Waals surface area contributed by atoms with Gasteiger partial charge in [-0.3, -0.25) is 4.79 Å². The molecule has 1 saturated heterocycles. The summed E-state index contributed by atoms with van der Waals surface area (Å²) >= 11 is 1.45. The SMILES string of the molecule is CS(=O)(=O)N1CCC(CNC(=O)c2oc3ccccc3c2CSc2ncccn2)CC1. The molecular weight excluding hydrogens is 436 g/mol. The maximum absolute atomic E-state index is 13.0. The molecule has 8 nitrogen and oxygen atoms in total. The van der Waals surface area contributed by atoms with Gasteiger partial charge >= 0.3 is 0 Å². The number of para-hydroxylation sites is 1. The van der Waals surface area contributed by atoms with Crippen LogP contribution in [-0.4, -0.2) is 54.5 Å². The number of hydrogen-bond acceptors (Lipinski definition) is 7. The summed E-state index contributed by atoms with van der Waals surface area (Å²) in [7, 11) is -3.15. The van der Waals surface area contributed by atoms with Gasteiger partial charge in [0.25, 0.3) is 5.91 Å². The number of aromatic nitrogens is 2. The summed E-state index contributed by atoms with van der Waals surface area (Å²) in [6, 6.07) is 9.34. The van der Waals surface area contributed by atoms with E-state index in [1.807, 2.05) is 24.3 Å². The number of amides is 1. The lowest BCUT2D eigenvalue weighted by Crippen LogP contribution is -2.41. The van der Waals surface area contributed by atoms with Crippen molar-refractivity contribution in [1.82, 2.24) is 19.6 Å². The molecule has 1 fully saturated rings. The van der Waals surface area contributed by atoms with Crippen LogP contribution in [0, 0.1) is 5.92 Å². The van der Waals surface area contributed by atoms with Crippen molar-refractivity contribution < 1.29 is 17.6 Å². The number of rotatable bonds is 7. The Balaban J connectivity index is 1.44. The molecule has 3 heterocycles. The molecule has 0 bridgehead atoms. The highest BCUT2D eigenvalue weighted by molar-refractivity contribution is 7.98. The van der Waals surface area contributed by atoms with Crippen LogP contribution >= 0.6 is 11.8 Å². The van der Waals surface area contributed by atoms with Gasteiger partial charge in [0, 0.05) is 48.7 Å². The molecule has 1 aromatic carbocycles. The van der Waals surface area contributed by atoms with E-state index in [9.17, 15) is 13.2 Å². The maximum atomic E-state index is 13.0. The van der Waals surface area contributed by atoms with Gasteiger partial charge in [0.2, 0.25) is 10.0 Å². The van der Waals surface area contributed by atoms with Crippen LogP contribution in [0.1, 0.15) is 29.0 Å². The predicted molar refractivity (Wildman–Crippen MR) is 119 cm³/mol. The third-order valence-corrected chi connectivity index (χ3v) is 7.59. The van der Waals surface area contributed by atoms with E-state index in [2.05, 4.69) is 15.3 Å². The first-order valence-corrected chi connectivity index (χ1v) is 12.9. The zero-order valence-corrected chi connectivity index (χ0v) is 18.8. The fraction of sp³-hybridized carbons (Fsp3) is 0.381. The lowest BCUT2D eigenvalue weighted by Gasteiger charge is -2.30. The van der Waals surface area contributed by atoms with Crippen LogP contribution in [0.3, 0.4) is 0 Å². The van der Waals surface area contributed by atoms with Gasteiger partial charge in [-0.05, 0) is 30.9 Å². The van der Waals surface area contributed by atoms with E-state index in [4.69, 9.17) is 4.42 Å². The second-order valence-corrected chi connectivity index (χ2v) is 10.5. The van der Waals surface area contributed by atoms with Crippen molar-refractivity contribution in [2.24, 2.45) is 5.92 Å². The average Bonchev–Trinajstić information content (AvgIpc) is 3.15. The summed E-state index contributed by atoms with van der Waals surface area (Å²) in [6.45, 7) is 1.47. The van der Waals surface area contributed by atoms with Gasteiger partial charge in [-0.1, -0.05) is 30.0 Å². The van der Waals surface area contributed by atoms with Crippen molar-refractivity contribution in [2.75, 3.05) is 25.9 Å². The minimum absolute atomic E-state index is 0.238. The molecule has 10 heteroatoms. The smallest absolute Gasteiger partial charge is 0.287 e. The largest absolute Gasteiger partial charge is 0.451 e. The number of hydrogen-bond donors (Lipinski definition) is 1. The molecule has 0 radical (unpaired) electrons. The molecule has 3 aromatic rings. The molecular formula is C21H24N4O4S2. The lowest BCUT2D eigenvalue weighted by molar-refractivity contribution is 0.0915. The Morgan fingerprint density at radius 3 is 2.61 bits per heavy atom. The van der Waals surface area contributed by atoms with E-state index in [1.165, 1.54) is 22.3 Å². The Kier molecular flexibility index (Phi) is 6.59. The second-order valence-electron chi connectivity index (χ2n) is 7.54. The van der Waals surface area contributed by atoms with Gasteiger partial charge in [0.05, 0.1) is 6.26 Å². The number of carbonyl (C=O) groups excluding carboxylic acids is 1. The van der Waals surface area contributed by atoms with Crippen molar-refractivity contribution in [2.45, 2.75) is 23.8 Å². The van der Waals surface area contributed by atoms with Crippen LogP contribution in [-0.2, 0) is 15.8 Å². The quantitative estimate of drug-likeness (QED) is 0.427. The summed E-state index contributed by atoms with van der Waals surface area (Å²) in [5.41, 5.74) is 1.48. The third kappa shape index (κ3) is 5.25. The summed E-state index contributed by atoms with van der Waals surface area (Å²) in [6.07, 6.45) is 6.05. The topological polar surface area (TPSA) is 105 Å². The molecule has 0 spiro atoms. The van der Waals surface area contributed by atoms with Crippen LogP contribution in [0.25, 0.3) is 11.0 Å². The Bertz CT molecular complexity index is 1160. The summed E-state index contributed by atoms with van der Waals surface area (Å²) in [4.78, 5) is 21.4. The van der Waals surface area contributed by atoms with Crippen LogP contribution < -0.4 is 5.32 Å². The number of fused-ring (bicyclic) bond motifs is 1. The number of nitrogens with zero attached hydrogens (tertiary/aromatic N) is 3. The molecule has 2 aromatic heterocycles. The van der Waals surface area contributed by atoms with Gasteiger partial charge in [-0.25, -0.2) is 22.7 Å². The van der Waals surface area contributed by atoms with Gasteiger partial charge < -0.3 is 9.73 Å². The fourth-order valence-electron chi connectivity index (χ4n) is 3.68. The van der Waals surface area contributed by atoms with Crippen molar-refractivity contribution in [1.29, 1.82) is 0 Å². The summed E-state index contributed by atoms with van der Waals surface area (Å²) in [5.74, 6) is 0.794. The van der Waals surface area contributed by atoms with Gasteiger partial charge in [0.1, 0.15) is 5.58 Å². The monoisotopic (exact) mass is 460 g/mol. The van der Waals surface area contributed by atoms with Crippen LogP contribution in [0.4, 0.5) is 0 Å². The first kappa shape index (κ1) is 21.8. The first-order chi connectivity index (χ1) is 14.9. The normalized spacial score (nSPS) is 15.9. The minimum atomic E-state index is -3.15. The fourth-order valence-corrected chi connectivity index (χ4v) is 5.39. The molecule has 4 rings (SSSR count). The Morgan fingerprint density at radius 1 is 1.19 bits per heavy atom. The van der Waals surface area contributed by atoms with E-state index < -0.39 is 10.0 Å². The Labute approximate surface area is 185 Å². The molecule has 0 unspecified atom stereocenters. The number of benzene rings is 1. The molecule has 31 heavy (non-hydrogen) atoms. The highest BCUT2D eigenvalue weighted by atomic mass is 32.2. The molecule has 0 aliphatic carbocycles. The van der Waals surface area contributed by atoms with E-state index >= 15 is 0 Å². The van der Waals surface area contributed by atoms with Gasteiger partial charge in [0.15, 0.2) is 10.9 Å². The summed E-state index contributed by atoms with van der Waals surface area (Å²) < 4.78 is 30.7. The number of thioether (sulfide) groups is 1. The maximum Gasteiger partial charge on any atom is 0.287 e. The lowest BCUT2D eigenvalue weighted by atomic mass is 9.98. The Hall–Kier alpha value is -2.43. The zero-order valence-electron chi connectivity index (χ0n) is 17.2. The third-order valence-electron chi connectivity index (χ3n) is 5.39. The number of nitrogens with one attached hydrogen (secondary N) is 1. The van der Waals surface area contributed by atoms with E-state index in [0.29, 0.717) is 41.9 Å². The van der Waals surface area contributed by atoms with Crippen molar-refractivity contribution in [3.8, 4) is 0 Å². The first-order valence-electron chi connectivity index (χ1n) is 10.1. The highest BCUT2D eigenvalue weighted by Gasteiger charge is 2.26. The predicted octanol–water partition coefficient (Wildman–Crippen LogP) is 2.92. The molecule has 0 saturated carbocycles. The number of piperidine rings is 1. The number of carbonyl (C=O) groups is 1. The summed E-state index contributed by atoms with van der Waals surface area (Å²) in [5, 5.41) is 4.52. The van der Waals surface area contributed by atoms with Crippen molar-refractivity contribution in [3.63, 3.8) is 0 Å². The molecule has 1 amide bonds. The number of sulfonamides is 1. The van der Waals surface area contributed by atoms with E-state index in [0.717, 1.165) is 23.8 Å². The zero-order chi connectivity index (χ0) is 21.8. The molecule has 0 atom stereocenters. The van der Waals surface area contributed by atoms with Crippen LogP contribution in [0.15, 0.2) is 52.3 Å². The van der Waals surface area contributed by atoms with Crippen LogP contribution in [0.2, 0.25) is 0 Å².